The molecule has 1 aliphatic heterocycles. The van der Waals surface area contributed by atoms with Crippen LogP contribution in [-0.2, 0) is 21.4 Å². The van der Waals surface area contributed by atoms with Gasteiger partial charge in [0.15, 0.2) is 0 Å². The average molecular weight is 372 g/mol. The van der Waals surface area contributed by atoms with Crippen LogP contribution in [0.2, 0.25) is 0 Å². The average Bonchev–Trinajstić information content (AvgIpc) is 3.19. The van der Waals surface area contributed by atoms with Crippen LogP contribution < -0.4 is 0 Å². The van der Waals surface area contributed by atoms with Gasteiger partial charge in [0.1, 0.15) is 22.6 Å². The Morgan fingerprint density at radius 2 is 2.08 bits per heavy atom. The molecule has 136 valence electrons. The fourth-order valence-electron chi connectivity index (χ4n) is 2.93. The lowest BCUT2D eigenvalue weighted by atomic mass is 10.0. The molecule has 0 unspecified atom stereocenters. The maximum Gasteiger partial charge on any atom is 0.221 e. The van der Waals surface area contributed by atoms with Crippen molar-refractivity contribution in [1.29, 1.82) is 0 Å². The molecule has 0 aliphatic carbocycles. The van der Waals surface area contributed by atoms with Crippen LogP contribution in [0.25, 0.3) is 0 Å². The van der Waals surface area contributed by atoms with E-state index in [1.165, 1.54) is 25.4 Å². The number of hydrogen-bond acceptors (Lipinski definition) is 5. The first kappa shape index (κ1) is 18.0. The van der Waals surface area contributed by atoms with Gasteiger partial charge in [-0.25, -0.2) is 17.2 Å². The number of halogens is 2. The first-order chi connectivity index (χ1) is 11.8. The topological polar surface area (TPSA) is 63.0 Å². The summed E-state index contributed by atoms with van der Waals surface area (Å²) in [5.74, 6) is -0.846. The highest BCUT2D eigenvalue weighted by Gasteiger charge is 2.46. The van der Waals surface area contributed by atoms with Gasteiger partial charge in [0.05, 0.1) is 25.5 Å². The molecule has 3 rings (SSSR count). The monoisotopic (exact) mass is 372 g/mol. The Morgan fingerprint density at radius 3 is 2.76 bits per heavy atom. The predicted molar refractivity (Wildman–Crippen MR) is 85.7 cm³/mol. The molecule has 25 heavy (non-hydrogen) atoms. The fourth-order valence-corrected chi connectivity index (χ4v) is 4.57. The third-order valence-electron chi connectivity index (χ3n) is 4.24. The number of nitrogens with zero attached hydrogens (tertiary/aromatic N) is 2. The van der Waals surface area contributed by atoms with Crippen molar-refractivity contribution in [3.8, 4) is 0 Å². The molecule has 2 atom stereocenters. The molecule has 0 amide bonds. The van der Waals surface area contributed by atoms with E-state index in [0.29, 0.717) is 5.76 Å². The minimum Gasteiger partial charge on any atom is -0.468 e. The Bertz CT molecular complexity index is 842. The van der Waals surface area contributed by atoms with E-state index >= 15 is 0 Å². The maximum atomic E-state index is 14.2. The first-order valence-electron chi connectivity index (χ1n) is 7.59. The van der Waals surface area contributed by atoms with Gasteiger partial charge in [-0.2, -0.15) is 9.37 Å². The smallest absolute Gasteiger partial charge is 0.221 e. The molecule has 0 N–H and O–H groups in total. The number of hydroxylamine groups is 2. The summed E-state index contributed by atoms with van der Waals surface area (Å²) in [6, 6.07) is 5.33. The third kappa shape index (κ3) is 3.45. The molecule has 6 nitrogen and oxygen atoms in total. The van der Waals surface area contributed by atoms with Gasteiger partial charge in [0.2, 0.25) is 10.0 Å². The molecule has 1 fully saturated rings. The van der Waals surface area contributed by atoms with Crippen LogP contribution in [0.4, 0.5) is 8.78 Å². The Labute approximate surface area is 144 Å². The second-order valence-corrected chi connectivity index (χ2v) is 8.13. The van der Waals surface area contributed by atoms with Gasteiger partial charge in [-0.3, -0.25) is 4.84 Å². The molecular weight excluding hydrogens is 354 g/mol. The van der Waals surface area contributed by atoms with E-state index in [1.54, 1.807) is 12.1 Å². The van der Waals surface area contributed by atoms with Gasteiger partial charge in [-0.1, -0.05) is 0 Å². The second-order valence-electron chi connectivity index (χ2n) is 5.87. The lowest BCUT2D eigenvalue weighted by molar-refractivity contribution is -0.111. The molecule has 2 heterocycles. The zero-order chi connectivity index (χ0) is 18.2. The summed E-state index contributed by atoms with van der Waals surface area (Å²) in [5.41, 5.74) is -0.0556. The van der Waals surface area contributed by atoms with Crippen LogP contribution in [-0.4, -0.2) is 43.7 Å². The van der Waals surface area contributed by atoms with Gasteiger partial charge in [-0.15, -0.1) is 0 Å². The van der Waals surface area contributed by atoms with E-state index in [-0.39, 0.29) is 18.7 Å². The molecular formula is C16H18F2N2O4S. The summed E-state index contributed by atoms with van der Waals surface area (Å²) in [6.45, 7) is -0.115. The van der Waals surface area contributed by atoms with E-state index in [4.69, 9.17) is 9.25 Å². The number of furan rings is 1. The predicted octanol–water partition coefficient (Wildman–Crippen LogP) is 2.31. The Morgan fingerprint density at radius 1 is 1.32 bits per heavy atom. The number of rotatable bonds is 5. The molecule has 1 aliphatic rings. The number of sulfonamides is 1. The van der Waals surface area contributed by atoms with E-state index in [0.717, 1.165) is 22.5 Å². The zero-order valence-electron chi connectivity index (χ0n) is 13.7. The van der Waals surface area contributed by atoms with Gasteiger partial charge in [0.25, 0.3) is 0 Å². The van der Waals surface area contributed by atoms with Gasteiger partial charge in [-0.05, 0) is 30.3 Å². The van der Waals surface area contributed by atoms with Crippen molar-refractivity contribution < 1.29 is 26.5 Å². The summed E-state index contributed by atoms with van der Waals surface area (Å²) >= 11 is 0. The molecule has 1 aromatic carbocycles. The summed E-state index contributed by atoms with van der Waals surface area (Å²) in [4.78, 5) is 5.31. The molecule has 0 radical (unpaired) electrons. The first-order valence-corrected chi connectivity index (χ1v) is 9.09. The largest absolute Gasteiger partial charge is 0.468 e. The lowest BCUT2D eigenvalue weighted by Crippen LogP contribution is -2.40. The molecule has 0 bridgehead atoms. The number of benzene rings is 1. The normalized spacial score (nSPS) is 22.0. The van der Waals surface area contributed by atoms with Crippen LogP contribution in [0.5, 0.6) is 0 Å². The van der Waals surface area contributed by atoms with Crippen LogP contribution in [0.15, 0.2) is 41.0 Å². The Hall–Kier alpha value is -1.81. The van der Waals surface area contributed by atoms with Crippen LogP contribution in [0, 0.1) is 11.6 Å². The highest BCUT2D eigenvalue weighted by Crippen LogP contribution is 2.36. The molecule has 0 saturated carbocycles. The van der Waals surface area contributed by atoms with Crippen molar-refractivity contribution >= 4 is 10.0 Å². The second kappa shape index (κ2) is 6.83. The summed E-state index contributed by atoms with van der Waals surface area (Å²) < 4.78 is 59.9. The minimum absolute atomic E-state index is 0.0356. The van der Waals surface area contributed by atoms with E-state index in [9.17, 15) is 17.2 Å². The fraction of sp³-hybridized carbons (Fsp3) is 0.375. The molecule has 2 aromatic rings. The van der Waals surface area contributed by atoms with Crippen LogP contribution >= 0.6 is 0 Å². The van der Waals surface area contributed by atoms with E-state index < -0.39 is 32.9 Å². The highest BCUT2D eigenvalue weighted by atomic mass is 32.2. The van der Waals surface area contributed by atoms with Gasteiger partial charge >= 0.3 is 0 Å². The number of hydrogen-bond donors (Lipinski definition) is 0. The van der Waals surface area contributed by atoms with Crippen LogP contribution in [0.1, 0.15) is 17.4 Å². The maximum absolute atomic E-state index is 14.2. The van der Waals surface area contributed by atoms with E-state index in [2.05, 4.69) is 0 Å². The molecule has 0 spiro atoms. The SMILES string of the molecule is CN1OC[C@H](S(=O)(=O)N(C)Cc2ccco2)[C@@H]1c1cc(F)ccc1F. The van der Waals surface area contributed by atoms with Gasteiger partial charge in [0, 0.05) is 19.7 Å². The molecule has 1 saturated heterocycles. The van der Waals surface area contributed by atoms with Gasteiger partial charge < -0.3 is 4.42 Å². The van der Waals surface area contributed by atoms with Crippen molar-refractivity contribution in [1.82, 2.24) is 9.37 Å². The quantitative estimate of drug-likeness (QED) is 0.806. The summed E-state index contributed by atoms with van der Waals surface area (Å²) in [5, 5.41) is 0.176. The lowest BCUT2D eigenvalue weighted by Gasteiger charge is -2.26. The Kier molecular flexibility index (Phi) is 4.92. The van der Waals surface area contributed by atoms with Crippen LogP contribution in [0.3, 0.4) is 0 Å². The van der Waals surface area contributed by atoms with Crippen molar-refractivity contribution in [2.75, 3.05) is 20.7 Å². The highest BCUT2D eigenvalue weighted by molar-refractivity contribution is 7.89. The molecule has 9 heteroatoms. The van der Waals surface area contributed by atoms with Crippen molar-refractivity contribution in [2.24, 2.45) is 0 Å². The summed E-state index contributed by atoms with van der Waals surface area (Å²) in [6.07, 6.45) is 1.45. The third-order valence-corrected chi connectivity index (χ3v) is 6.40. The standard InChI is InChI=1S/C16H18F2N2O4S/c1-19(9-12-4-3-7-23-12)25(21,22)15-10-24-20(2)16(15)13-8-11(17)5-6-14(13)18/h3-8,15-16H,9-10H2,1-2H3/t15-,16-/m0/s1. The van der Waals surface area contributed by atoms with Crippen molar-refractivity contribution in [3.05, 3.63) is 59.6 Å². The zero-order valence-corrected chi connectivity index (χ0v) is 14.5. The Balaban J connectivity index is 1.92. The van der Waals surface area contributed by atoms with Crippen molar-refractivity contribution in [2.45, 2.75) is 17.8 Å². The summed E-state index contributed by atoms with van der Waals surface area (Å²) in [7, 11) is -0.948. The molecule has 1 aromatic heterocycles. The minimum atomic E-state index is -3.86. The van der Waals surface area contributed by atoms with E-state index in [1.807, 2.05) is 0 Å². The van der Waals surface area contributed by atoms with Crippen molar-refractivity contribution in [3.63, 3.8) is 0 Å².